The molecule has 2 aromatic rings. The standard InChI is InChI=1S/C22H24N2O5/c1-24(14-15-4-6-16(7-5-15)22(27)28)21(26)3-2-12-29-18-9-10-19-17(13-18)8-11-20(25)23-19/h4-7,9-10,13H,2-3,8,11-12,14H2,1H3,(H,23,25)(H,27,28). The van der Waals surface area contributed by atoms with Crippen molar-refractivity contribution in [1.82, 2.24) is 4.90 Å². The molecule has 0 aliphatic carbocycles. The van der Waals surface area contributed by atoms with Crippen LogP contribution in [0.2, 0.25) is 0 Å². The fourth-order valence-electron chi connectivity index (χ4n) is 3.17. The number of aryl methyl sites for hydroxylation is 1. The SMILES string of the molecule is CN(Cc1ccc(C(=O)O)cc1)C(=O)CCCOc1ccc2c(c1)CCC(=O)N2. The average Bonchev–Trinajstić information content (AvgIpc) is 2.71. The van der Waals surface area contributed by atoms with Crippen molar-refractivity contribution < 1.29 is 24.2 Å². The number of hydrogen-bond acceptors (Lipinski definition) is 4. The predicted octanol–water partition coefficient (Wildman–Crippen LogP) is 3.09. The van der Waals surface area contributed by atoms with Crippen molar-refractivity contribution in [1.29, 1.82) is 0 Å². The molecule has 2 aromatic carbocycles. The van der Waals surface area contributed by atoms with Crippen LogP contribution < -0.4 is 10.1 Å². The van der Waals surface area contributed by atoms with Crippen molar-refractivity contribution in [2.45, 2.75) is 32.2 Å². The molecule has 29 heavy (non-hydrogen) atoms. The molecule has 0 saturated carbocycles. The van der Waals surface area contributed by atoms with Crippen LogP contribution in [-0.4, -0.2) is 41.4 Å². The van der Waals surface area contributed by atoms with Gasteiger partial charge >= 0.3 is 5.97 Å². The third kappa shape index (κ3) is 5.57. The number of amides is 2. The highest BCUT2D eigenvalue weighted by Crippen LogP contribution is 2.26. The summed E-state index contributed by atoms with van der Waals surface area (Å²) in [4.78, 5) is 36.2. The van der Waals surface area contributed by atoms with Crippen molar-refractivity contribution >= 4 is 23.5 Å². The van der Waals surface area contributed by atoms with Crippen LogP contribution in [0.3, 0.4) is 0 Å². The van der Waals surface area contributed by atoms with Gasteiger partial charge in [0, 0.05) is 32.1 Å². The number of aromatic carboxylic acids is 1. The molecular formula is C22H24N2O5. The monoisotopic (exact) mass is 396 g/mol. The number of fused-ring (bicyclic) bond motifs is 1. The number of anilines is 1. The Hall–Kier alpha value is -3.35. The van der Waals surface area contributed by atoms with Crippen molar-refractivity contribution in [2.24, 2.45) is 0 Å². The van der Waals surface area contributed by atoms with Crippen LogP contribution in [0.4, 0.5) is 5.69 Å². The summed E-state index contributed by atoms with van der Waals surface area (Å²) in [7, 11) is 1.73. The predicted molar refractivity (Wildman–Crippen MR) is 108 cm³/mol. The lowest BCUT2D eigenvalue weighted by atomic mass is 10.0. The fourth-order valence-corrected chi connectivity index (χ4v) is 3.17. The zero-order chi connectivity index (χ0) is 20.8. The minimum Gasteiger partial charge on any atom is -0.494 e. The molecule has 0 spiro atoms. The summed E-state index contributed by atoms with van der Waals surface area (Å²) < 4.78 is 5.74. The van der Waals surface area contributed by atoms with E-state index >= 15 is 0 Å². The molecule has 2 N–H and O–H groups in total. The van der Waals surface area contributed by atoms with E-state index < -0.39 is 5.97 Å². The first-order valence-electron chi connectivity index (χ1n) is 9.54. The highest BCUT2D eigenvalue weighted by molar-refractivity contribution is 5.94. The molecule has 1 aliphatic rings. The average molecular weight is 396 g/mol. The second-order valence-electron chi connectivity index (χ2n) is 7.07. The summed E-state index contributed by atoms with van der Waals surface area (Å²) in [6, 6.07) is 12.1. The van der Waals surface area contributed by atoms with E-state index in [1.165, 1.54) is 12.1 Å². The van der Waals surface area contributed by atoms with E-state index in [2.05, 4.69) is 5.32 Å². The van der Waals surface area contributed by atoms with Gasteiger partial charge in [-0.1, -0.05) is 12.1 Å². The van der Waals surface area contributed by atoms with Gasteiger partial charge in [0.15, 0.2) is 0 Å². The highest BCUT2D eigenvalue weighted by Gasteiger charge is 2.15. The third-order valence-corrected chi connectivity index (χ3v) is 4.82. The lowest BCUT2D eigenvalue weighted by Crippen LogP contribution is -2.26. The number of ether oxygens (including phenoxy) is 1. The Bertz CT molecular complexity index is 908. The number of rotatable bonds is 8. The van der Waals surface area contributed by atoms with Crippen LogP contribution >= 0.6 is 0 Å². The maximum atomic E-state index is 12.3. The summed E-state index contributed by atoms with van der Waals surface area (Å²) in [6.07, 6.45) is 2.14. The van der Waals surface area contributed by atoms with Gasteiger partial charge in [0.25, 0.3) is 0 Å². The molecule has 0 fully saturated rings. The molecule has 152 valence electrons. The lowest BCUT2D eigenvalue weighted by Gasteiger charge is -2.18. The van der Waals surface area contributed by atoms with E-state index in [9.17, 15) is 14.4 Å². The molecule has 7 heteroatoms. The first-order valence-corrected chi connectivity index (χ1v) is 9.54. The summed E-state index contributed by atoms with van der Waals surface area (Å²) in [5, 5.41) is 11.8. The Morgan fingerprint density at radius 2 is 1.90 bits per heavy atom. The van der Waals surface area contributed by atoms with Gasteiger partial charge < -0.3 is 20.1 Å². The van der Waals surface area contributed by atoms with Crippen LogP contribution in [0.5, 0.6) is 5.75 Å². The molecule has 1 aliphatic heterocycles. The van der Waals surface area contributed by atoms with Gasteiger partial charge in [-0.3, -0.25) is 9.59 Å². The Kier molecular flexibility index (Phi) is 6.49. The van der Waals surface area contributed by atoms with E-state index in [1.807, 2.05) is 18.2 Å². The first-order chi connectivity index (χ1) is 13.9. The number of carboxylic acid groups (broad SMARTS) is 1. The van der Waals surface area contributed by atoms with Crippen LogP contribution in [0, 0.1) is 0 Å². The van der Waals surface area contributed by atoms with E-state index in [0.29, 0.717) is 38.8 Å². The molecule has 0 atom stereocenters. The Labute approximate surface area is 169 Å². The fraction of sp³-hybridized carbons (Fsp3) is 0.318. The molecular weight excluding hydrogens is 372 g/mol. The van der Waals surface area contributed by atoms with Gasteiger partial charge in [-0.2, -0.15) is 0 Å². The summed E-state index contributed by atoms with van der Waals surface area (Å²) in [5.74, 6) is -0.195. The number of hydrogen-bond donors (Lipinski definition) is 2. The van der Waals surface area contributed by atoms with Crippen molar-refractivity contribution in [3.8, 4) is 5.75 Å². The maximum Gasteiger partial charge on any atom is 0.335 e. The summed E-state index contributed by atoms with van der Waals surface area (Å²) >= 11 is 0. The minimum absolute atomic E-state index is 0.00376. The number of carbonyl (C=O) groups is 3. The van der Waals surface area contributed by atoms with Crippen LogP contribution in [0.15, 0.2) is 42.5 Å². The van der Waals surface area contributed by atoms with E-state index in [-0.39, 0.29) is 17.4 Å². The Morgan fingerprint density at radius 1 is 1.14 bits per heavy atom. The molecule has 0 saturated heterocycles. The van der Waals surface area contributed by atoms with Gasteiger partial charge in [-0.15, -0.1) is 0 Å². The Balaban J connectivity index is 1.41. The molecule has 0 bridgehead atoms. The smallest absolute Gasteiger partial charge is 0.335 e. The number of benzene rings is 2. The van der Waals surface area contributed by atoms with Gasteiger partial charge in [-0.25, -0.2) is 4.79 Å². The van der Waals surface area contributed by atoms with Crippen LogP contribution in [0.1, 0.15) is 40.7 Å². The maximum absolute atomic E-state index is 12.3. The van der Waals surface area contributed by atoms with Gasteiger partial charge in [0.05, 0.1) is 12.2 Å². The second-order valence-corrected chi connectivity index (χ2v) is 7.07. The van der Waals surface area contributed by atoms with E-state index in [4.69, 9.17) is 9.84 Å². The van der Waals surface area contributed by atoms with Crippen LogP contribution in [-0.2, 0) is 22.6 Å². The second kappa shape index (κ2) is 9.23. The van der Waals surface area contributed by atoms with Gasteiger partial charge in [0.1, 0.15) is 5.75 Å². The topological polar surface area (TPSA) is 95.9 Å². The molecule has 1 heterocycles. The van der Waals surface area contributed by atoms with Gasteiger partial charge in [0.2, 0.25) is 11.8 Å². The number of carboxylic acids is 1. The van der Waals surface area contributed by atoms with Crippen molar-refractivity contribution in [2.75, 3.05) is 19.0 Å². The third-order valence-electron chi connectivity index (χ3n) is 4.82. The zero-order valence-corrected chi connectivity index (χ0v) is 16.3. The number of nitrogens with one attached hydrogen (secondary N) is 1. The van der Waals surface area contributed by atoms with Crippen LogP contribution in [0.25, 0.3) is 0 Å². The minimum atomic E-state index is -0.968. The van der Waals surface area contributed by atoms with E-state index in [1.54, 1.807) is 24.1 Å². The van der Waals surface area contributed by atoms with Gasteiger partial charge in [-0.05, 0) is 54.3 Å². The molecule has 2 amide bonds. The molecule has 3 rings (SSSR count). The number of carbonyl (C=O) groups excluding carboxylic acids is 2. The zero-order valence-electron chi connectivity index (χ0n) is 16.3. The first kappa shape index (κ1) is 20.4. The summed E-state index contributed by atoms with van der Waals surface area (Å²) in [5.41, 5.74) is 3.00. The van der Waals surface area contributed by atoms with Crippen molar-refractivity contribution in [3.63, 3.8) is 0 Å². The lowest BCUT2D eigenvalue weighted by molar-refractivity contribution is -0.130. The number of nitrogens with zero attached hydrogens (tertiary/aromatic N) is 1. The molecule has 0 aromatic heterocycles. The molecule has 0 radical (unpaired) electrons. The summed E-state index contributed by atoms with van der Waals surface area (Å²) in [6.45, 7) is 0.855. The van der Waals surface area contributed by atoms with Crippen molar-refractivity contribution in [3.05, 3.63) is 59.2 Å². The normalized spacial score (nSPS) is 12.7. The van der Waals surface area contributed by atoms with E-state index in [0.717, 1.165) is 22.6 Å². The molecule has 7 nitrogen and oxygen atoms in total. The largest absolute Gasteiger partial charge is 0.494 e. The molecule has 0 unspecified atom stereocenters. The highest BCUT2D eigenvalue weighted by atomic mass is 16.5. The Morgan fingerprint density at radius 3 is 2.62 bits per heavy atom. The quantitative estimate of drug-likeness (QED) is 0.669.